The third-order valence-corrected chi connectivity index (χ3v) is 5.41. The Morgan fingerprint density at radius 2 is 1.55 bits per heavy atom. The van der Waals surface area contributed by atoms with Gasteiger partial charge in [-0.2, -0.15) is 0 Å². The van der Waals surface area contributed by atoms with Gasteiger partial charge in [0.15, 0.2) is 0 Å². The van der Waals surface area contributed by atoms with Crippen LogP contribution in [-0.4, -0.2) is 29.8 Å². The molecule has 0 saturated carbocycles. The minimum absolute atomic E-state index is 0.00207. The largest absolute Gasteiger partial charge is 0.339 e. The smallest absolute Gasteiger partial charge is 0.246 e. The average molecular weight is 384 g/mol. The molecular formula is C25H24N2O2. The van der Waals surface area contributed by atoms with E-state index < -0.39 is 0 Å². The number of fused-ring (bicyclic) bond motifs is 1. The molecule has 4 heteroatoms. The molecule has 1 aliphatic rings. The van der Waals surface area contributed by atoms with Crippen LogP contribution in [0.1, 0.15) is 18.4 Å². The van der Waals surface area contributed by atoms with E-state index in [9.17, 15) is 9.59 Å². The van der Waals surface area contributed by atoms with E-state index in [0.29, 0.717) is 25.9 Å². The zero-order chi connectivity index (χ0) is 20.1. The van der Waals surface area contributed by atoms with Gasteiger partial charge in [0, 0.05) is 30.8 Å². The fourth-order valence-electron chi connectivity index (χ4n) is 3.71. The summed E-state index contributed by atoms with van der Waals surface area (Å²) in [6.07, 6.45) is 4.82. The average Bonchev–Trinajstić information content (AvgIpc) is 2.78. The van der Waals surface area contributed by atoms with Gasteiger partial charge in [-0.15, -0.1) is 0 Å². The van der Waals surface area contributed by atoms with Crippen LogP contribution in [0.25, 0.3) is 16.8 Å². The Labute approximate surface area is 170 Å². The molecule has 0 spiro atoms. The lowest BCUT2D eigenvalue weighted by Crippen LogP contribution is -2.40. The highest BCUT2D eigenvalue weighted by molar-refractivity contribution is 5.96. The molecule has 4 nitrogen and oxygen atoms in total. The number of piperidine rings is 1. The maximum atomic E-state index is 12.7. The van der Waals surface area contributed by atoms with Crippen molar-refractivity contribution in [2.24, 2.45) is 5.92 Å². The second-order valence-corrected chi connectivity index (χ2v) is 7.39. The zero-order valence-electron chi connectivity index (χ0n) is 16.3. The molecule has 2 amide bonds. The first-order valence-electron chi connectivity index (χ1n) is 10.0. The first-order valence-corrected chi connectivity index (χ1v) is 10.0. The maximum absolute atomic E-state index is 12.7. The second kappa shape index (κ2) is 8.74. The van der Waals surface area contributed by atoms with Gasteiger partial charge in [-0.25, -0.2) is 0 Å². The first kappa shape index (κ1) is 18.9. The number of rotatable bonds is 4. The van der Waals surface area contributed by atoms with E-state index in [0.717, 1.165) is 22.0 Å². The van der Waals surface area contributed by atoms with Crippen LogP contribution in [0.5, 0.6) is 0 Å². The minimum Gasteiger partial charge on any atom is -0.339 e. The van der Waals surface area contributed by atoms with Crippen molar-refractivity contribution in [2.75, 3.05) is 18.4 Å². The van der Waals surface area contributed by atoms with Crippen LogP contribution in [0, 0.1) is 5.92 Å². The molecule has 1 saturated heterocycles. The van der Waals surface area contributed by atoms with Crippen LogP contribution in [0.15, 0.2) is 78.9 Å². The predicted molar refractivity (Wildman–Crippen MR) is 117 cm³/mol. The molecule has 0 bridgehead atoms. The van der Waals surface area contributed by atoms with E-state index >= 15 is 0 Å². The predicted octanol–water partition coefficient (Wildman–Crippen LogP) is 4.73. The number of hydrogen-bond acceptors (Lipinski definition) is 2. The van der Waals surface area contributed by atoms with E-state index in [2.05, 4.69) is 11.4 Å². The van der Waals surface area contributed by atoms with E-state index in [1.165, 1.54) is 0 Å². The van der Waals surface area contributed by atoms with E-state index in [1.807, 2.05) is 77.7 Å². The number of carbonyl (C=O) groups excluding carboxylic acids is 2. The first-order chi connectivity index (χ1) is 14.2. The Hall–Kier alpha value is -3.40. The highest BCUT2D eigenvalue weighted by atomic mass is 16.2. The highest BCUT2D eigenvalue weighted by Crippen LogP contribution is 2.22. The molecule has 0 aromatic heterocycles. The molecule has 3 aromatic rings. The molecule has 0 unspecified atom stereocenters. The summed E-state index contributed by atoms with van der Waals surface area (Å²) in [5, 5.41) is 5.30. The summed E-state index contributed by atoms with van der Waals surface area (Å²) in [7, 11) is 0. The molecule has 1 aliphatic heterocycles. The topological polar surface area (TPSA) is 49.4 Å². The molecule has 0 radical (unpaired) electrons. The number of nitrogens with one attached hydrogen (secondary N) is 1. The van der Waals surface area contributed by atoms with Gasteiger partial charge in [-0.3, -0.25) is 9.59 Å². The zero-order valence-corrected chi connectivity index (χ0v) is 16.3. The van der Waals surface area contributed by atoms with Crippen molar-refractivity contribution in [2.45, 2.75) is 12.8 Å². The molecule has 29 heavy (non-hydrogen) atoms. The summed E-state index contributed by atoms with van der Waals surface area (Å²) in [6.45, 7) is 1.21. The van der Waals surface area contributed by atoms with Crippen molar-refractivity contribution >= 4 is 34.4 Å². The van der Waals surface area contributed by atoms with Crippen molar-refractivity contribution in [3.63, 3.8) is 0 Å². The van der Waals surface area contributed by atoms with Gasteiger partial charge in [0.1, 0.15) is 0 Å². The van der Waals surface area contributed by atoms with Crippen molar-refractivity contribution < 1.29 is 9.59 Å². The lowest BCUT2D eigenvalue weighted by atomic mass is 9.95. The van der Waals surface area contributed by atoms with Crippen LogP contribution >= 0.6 is 0 Å². The lowest BCUT2D eigenvalue weighted by Gasteiger charge is -2.30. The minimum atomic E-state index is -0.0661. The number of anilines is 1. The van der Waals surface area contributed by atoms with E-state index in [4.69, 9.17) is 0 Å². The second-order valence-electron chi connectivity index (χ2n) is 7.39. The van der Waals surface area contributed by atoms with Gasteiger partial charge in [0.2, 0.25) is 11.8 Å². The van der Waals surface area contributed by atoms with Crippen molar-refractivity contribution in [1.29, 1.82) is 0 Å². The molecule has 3 aromatic carbocycles. The normalized spacial score (nSPS) is 15.0. The fraction of sp³-hybridized carbons (Fsp3) is 0.200. The number of nitrogens with zero attached hydrogens (tertiary/aromatic N) is 1. The third kappa shape index (κ3) is 4.72. The summed E-state index contributed by atoms with van der Waals surface area (Å²) >= 11 is 0. The Kier molecular flexibility index (Phi) is 5.71. The van der Waals surface area contributed by atoms with Crippen LogP contribution in [-0.2, 0) is 9.59 Å². The summed E-state index contributed by atoms with van der Waals surface area (Å²) in [4.78, 5) is 26.9. The Morgan fingerprint density at radius 3 is 2.31 bits per heavy atom. The summed E-state index contributed by atoms with van der Waals surface area (Å²) in [6, 6.07) is 23.8. The molecule has 146 valence electrons. The lowest BCUT2D eigenvalue weighted by molar-refractivity contribution is -0.130. The van der Waals surface area contributed by atoms with Gasteiger partial charge in [0.05, 0.1) is 0 Å². The van der Waals surface area contributed by atoms with Crippen molar-refractivity contribution in [3.05, 3.63) is 84.4 Å². The quantitative estimate of drug-likeness (QED) is 0.661. The molecule has 0 aliphatic carbocycles. The Balaban J connectivity index is 1.31. The van der Waals surface area contributed by atoms with Crippen LogP contribution in [0.4, 0.5) is 5.69 Å². The summed E-state index contributed by atoms with van der Waals surface area (Å²) in [5.74, 6) is -0.0296. The van der Waals surface area contributed by atoms with Gasteiger partial charge in [-0.1, -0.05) is 60.7 Å². The van der Waals surface area contributed by atoms with Gasteiger partial charge < -0.3 is 10.2 Å². The highest BCUT2D eigenvalue weighted by Gasteiger charge is 2.26. The van der Waals surface area contributed by atoms with Crippen LogP contribution < -0.4 is 5.32 Å². The molecular weight excluding hydrogens is 360 g/mol. The maximum Gasteiger partial charge on any atom is 0.246 e. The van der Waals surface area contributed by atoms with Gasteiger partial charge in [-0.05, 0) is 47.4 Å². The Bertz CT molecular complexity index is 1030. The molecule has 4 rings (SSSR count). The van der Waals surface area contributed by atoms with Gasteiger partial charge in [0.25, 0.3) is 0 Å². The number of carbonyl (C=O) groups is 2. The van der Waals surface area contributed by atoms with Crippen LogP contribution in [0.2, 0.25) is 0 Å². The number of benzene rings is 3. The monoisotopic (exact) mass is 384 g/mol. The number of hydrogen-bond donors (Lipinski definition) is 1. The SMILES string of the molecule is O=C(Nc1ccc2ccccc2c1)C1CCN(C(=O)/C=C/c2ccccc2)CC1. The van der Waals surface area contributed by atoms with E-state index in [1.54, 1.807) is 6.08 Å². The molecule has 1 fully saturated rings. The molecule has 1 N–H and O–H groups in total. The summed E-state index contributed by atoms with van der Waals surface area (Å²) < 4.78 is 0. The number of likely N-dealkylation sites (tertiary alicyclic amines) is 1. The van der Waals surface area contributed by atoms with Crippen LogP contribution in [0.3, 0.4) is 0 Å². The fourth-order valence-corrected chi connectivity index (χ4v) is 3.71. The standard InChI is InChI=1S/C25H24N2O2/c28-24(13-10-19-6-2-1-3-7-19)27-16-14-21(15-17-27)25(29)26-23-12-11-20-8-4-5-9-22(20)18-23/h1-13,18,21H,14-17H2,(H,26,29)/b13-10+. The molecule has 1 heterocycles. The molecule has 0 atom stereocenters. The number of amides is 2. The van der Waals surface area contributed by atoms with Gasteiger partial charge >= 0.3 is 0 Å². The van der Waals surface area contributed by atoms with Crippen molar-refractivity contribution in [1.82, 2.24) is 4.90 Å². The van der Waals surface area contributed by atoms with E-state index in [-0.39, 0.29) is 17.7 Å². The summed E-state index contributed by atoms with van der Waals surface area (Å²) in [5.41, 5.74) is 1.82. The Morgan fingerprint density at radius 1 is 0.862 bits per heavy atom. The van der Waals surface area contributed by atoms with Crippen molar-refractivity contribution in [3.8, 4) is 0 Å². The third-order valence-electron chi connectivity index (χ3n) is 5.41.